The molecule has 1 aromatic carbocycles. The monoisotopic (exact) mass is 220 g/mol. The molecular weight excluding hydrogens is 212 g/mol. The third-order valence-electron chi connectivity index (χ3n) is 1.98. The molecule has 0 aliphatic rings. The number of Topliss-reactive ketones (excluding diaryl/α,β-unsaturated/α-hetero) is 1. The standard InChI is InChI=1S/C10H8N2O4/c1-6(13)10-8(12(14)15)3-7(5-11)4-9(10)16-2/h3-4H,1-2H3. The van der Waals surface area contributed by atoms with Gasteiger partial charge in [-0.05, 0) is 13.0 Å². The smallest absolute Gasteiger partial charge is 0.285 e. The molecule has 0 saturated heterocycles. The Labute approximate surface area is 91.2 Å². The Morgan fingerprint density at radius 3 is 2.56 bits per heavy atom. The lowest BCUT2D eigenvalue weighted by molar-refractivity contribution is -0.385. The minimum atomic E-state index is -0.708. The second-order valence-corrected chi connectivity index (χ2v) is 3.00. The number of nitro benzene ring substituents is 1. The van der Waals surface area contributed by atoms with E-state index < -0.39 is 16.4 Å². The predicted octanol–water partition coefficient (Wildman–Crippen LogP) is 1.68. The van der Waals surface area contributed by atoms with E-state index in [9.17, 15) is 14.9 Å². The summed E-state index contributed by atoms with van der Waals surface area (Å²) in [5.74, 6) is -0.439. The fourth-order valence-corrected chi connectivity index (χ4v) is 1.32. The molecule has 0 saturated carbocycles. The van der Waals surface area contributed by atoms with Crippen LogP contribution in [0.1, 0.15) is 22.8 Å². The molecule has 0 atom stereocenters. The van der Waals surface area contributed by atoms with Gasteiger partial charge < -0.3 is 4.74 Å². The van der Waals surface area contributed by atoms with Crippen molar-refractivity contribution in [1.29, 1.82) is 5.26 Å². The van der Waals surface area contributed by atoms with Crippen LogP contribution < -0.4 is 4.74 Å². The SMILES string of the molecule is COc1cc(C#N)cc([N+](=O)[O-])c1C(C)=O. The average molecular weight is 220 g/mol. The molecule has 0 N–H and O–H groups in total. The number of benzene rings is 1. The molecule has 1 aromatic rings. The molecular formula is C10H8N2O4. The number of hydrogen-bond donors (Lipinski definition) is 0. The Bertz CT molecular complexity index is 502. The number of carbonyl (C=O) groups is 1. The Balaban J connectivity index is 3.62. The summed E-state index contributed by atoms with van der Waals surface area (Å²) in [6.45, 7) is 1.21. The second-order valence-electron chi connectivity index (χ2n) is 3.00. The van der Waals surface area contributed by atoms with Crippen molar-refractivity contribution in [1.82, 2.24) is 0 Å². The fraction of sp³-hybridized carbons (Fsp3) is 0.200. The van der Waals surface area contributed by atoms with E-state index >= 15 is 0 Å². The van der Waals surface area contributed by atoms with Crippen LogP contribution >= 0.6 is 0 Å². The van der Waals surface area contributed by atoms with Crippen LogP contribution in [0.25, 0.3) is 0 Å². The lowest BCUT2D eigenvalue weighted by Crippen LogP contribution is -2.04. The third kappa shape index (κ3) is 1.98. The minimum absolute atomic E-state index is 0.0400. The van der Waals surface area contributed by atoms with E-state index in [1.807, 2.05) is 0 Å². The zero-order valence-electron chi connectivity index (χ0n) is 8.68. The summed E-state index contributed by atoms with van der Waals surface area (Å²) >= 11 is 0. The Morgan fingerprint density at radius 2 is 2.19 bits per heavy atom. The van der Waals surface area contributed by atoms with Gasteiger partial charge in [-0.3, -0.25) is 14.9 Å². The molecule has 0 unspecified atom stereocenters. The summed E-state index contributed by atoms with van der Waals surface area (Å²) in [5.41, 5.74) is -0.455. The van der Waals surface area contributed by atoms with Crippen molar-refractivity contribution in [3.05, 3.63) is 33.4 Å². The normalized spacial score (nSPS) is 9.31. The summed E-state index contributed by atoms with van der Waals surface area (Å²) in [7, 11) is 1.28. The number of nitriles is 1. The fourth-order valence-electron chi connectivity index (χ4n) is 1.32. The lowest BCUT2D eigenvalue weighted by atomic mass is 10.1. The van der Waals surface area contributed by atoms with Gasteiger partial charge in [0.25, 0.3) is 5.69 Å². The van der Waals surface area contributed by atoms with Crippen molar-refractivity contribution in [2.45, 2.75) is 6.92 Å². The predicted molar refractivity (Wildman–Crippen MR) is 54.4 cm³/mol. The van der Waals surface area contributed by atoms with Gasteiger partial charge in [0.1, 0.15) is 11.3 Å². The van der Waals surface area contributed by atoms with Gasteiger partial charge in [-0.1, -0.05) is 0 Å². The van der Waals surface area contributed by atoms with Crippen LogP contribution in [0.3, 0.4) is 0 Å². The third-order valence-corrected chi connectivity index (χ3v) is 1.98. The van der Waals surface area contributed by atoms with Crippen molar-refractivity contribution in [3.63, 3.8) is 0 Å². The maximum atomic E-state index is 11.3. The molecule has 16 heavy (non-hydrogen) atoms. The molecule has 6 nitrogen and oxygen atoms in total. The van der Waals surface area contributed by atoms with E-state index in [0.717, 1.165) is 6.07 Å². The van der Waals surface area contributed by atoms with Crippen molar-refractivity contribution >= 4 is 11.5 Å². The maximum absolute atomic E-state index is 11.3. The van der Waals surface area contributed by atoms with E-state index in [0.29, 0.717) is 0 Å². The average Bonchev–Trinajstić information content (AvgIpc) is 2.26. The van der Waals surface area contributed by atoms with Crippen molar-refractivity contribution in [2.75, 3.05) is 7.11 Å². The van der Waals surface area contributed by atoms with E-state index in [1.165, 1.54) is 20.1 Å². The zero-order valence-corrected chi connectivity index (χ0v) is 8.68. The summed E-state index contributed by atoms with van der Waals surface area (Å²) in [6.07, 6.45) is 0. The minimum Gasteiger partial charge on any atom is -0.496 e. The number of nitrogens with zero attached hydrogens (tertiary/aromatic N) is 2. The highest BCUT2D eigenvalue weighted by Gasteiger charge is 2.23. The lowest BCUT2D eigenvalue weighted by Gasteiger charge is -2.06. The first-order chi connectivity index (χ1) is 7.51. The molecule has 0 amide bonds. The Hall–Kier alpha value is -2.42. The van der Waals surface area contributed by atoms with Crippen LogP contribution in [0.5, 0.6) is 5.75 Å². The van der Waals surface area contributed by atoms with Crippen LogP contribution in [0.4, 0.5) is 5.69 Å². The number of methoxy groups -OCH3 is 1. The van der Waals surface area contributed by atoms with Crippen LogP contribution in [0.15, 0.2) is 12.1 Å². The highest BCUT2D eigenvalue weighted by atomic mass is 16.6. The van der Waals surface area contributed by atoms with Crippen molar-refractivity contribution in [2.24, 2.45) is 0 Å². The molecule has 0 aliphatic carbocycles. The highest BCUT2D eigenvalue weighted by molar-refractivity contribution is 6.01. The number of ketones is 1. The Morgan fingerprint density at radius 1 is 1.56 bits per heavy atom. The topological polar surface area (TPSA) is 93.2 Å². The number of ether oxygens (including phenoxy) is 1. The quantitative estimate of drug-likeness (QED) is 0.438. The van der Waals surface area contributed by atoms with Gasteiger partial charge >= 0.3 is 0 Å². The molecule has 0 aliphatic heterocycles. The van der Waals surface area contributed by atoms with Gasteiger partial charge in [-0.15, -0.1) is 0 Å². The van der Waals surface area contributed by atoms with Crippen LogP contribution in [-0.2, 0) is 0 Å². The second kappa shape index (κ2) is 4.40. The summed E-state index contributed by atoms with van der Waals surface area (Å²) < 4.78 is 4.86. The Kier molecular flexibility index (Phi) is 3.20. The summed E-state index contributed by atoms with van der Waals surface area (Å²) in [5, 5.41) is 19.4. The van der Waals surface area contributed by atoms with Gasteiger partial charge in [0, 0.05) is 6.07 Å². The van der Waals surface area contributed by atoms with Crippen LogP contribution in [-0.4, -0.2) is 17.8 Å². The van der Waals surface area contributed by atoms with E-state index in [4.69, 9.17) is 10.00 Å². The first-order valence-corrected chi connectivity index (χ1v) is 4.28. The number of nitro groups is 1. The van der Waals surface area contributed by atoms with Gasteiger partial charge in [-0.2, -0.15) is 5.26 Å². The highest BCUT2D eigenvalue weighted by Crippen LogP contribution is 2.30. The van der Waals surface area contributed by atoms with Crippen LogP contribution in [0.2, 0.25) is 0 Å². The van der Waals surface area contributed by atoms with Gasteiger partial charge in [0.15, 0.2) is 5.78 Å². The van der Waals surface area contributed by atoms with Gasteiger partial charge in [0.2, 0.25) is 0 Å². The molecule has 0 aromatic heterocycles. The number of hydrogen-bond acceptors (Lipinski definition) is 5. The first-order valence-electron chi connectivity index (χ1n) is 4.28. The van der Waals surface area contributed by atoms with Gasteiger partial charge in [0.05, 0.1) is 23.7 Å². The van der Waals surface area contributed by atoms with Crippen molar-refractivity contribution < 1.29 is 14.5 Å². The molecule has 1 rings (SSSR count). The number of carbonyl (C=O) groups excluding carboxylic acids is 1. The van der Waals surface area contributed by atoms with Gasteiger partial charge in [-0.25, -0.2) is 0 Å². The molecule has 0 fully saturated rings. The van der Waals surface area contributed by atoms with E-state index in [2.05, 4.69) is 0 Å². The summed E-state index contributed by atoms with van der Waals surface area (Å²) in [6, 6.07) is 4.12. The largest absolute Gasteiger partial charge is 0.496 e. The summed E-state index contributed by atoms with van der Waals surface area (Å²) in [4.78, 5) is 21.3. The molecule has 82 valence electrons. The van der Waals surface area contributed by atoms with Crippen molar-refractivity contribution in [3.8, 4) is 11.8 Å². The molecule has 0 bridgehead atoms. The van der Waals surface area contributed by atoms with Crippen LogP contribution in [0, 0.1) is 21.4 Å². The number of rotatable bonds is 3. The van der Waals surface area contributed by atoms with E-state index in [1.54, 1.807) is 6.07 Å². The zero-order chi connectivity index (χ0) is 12.3. The molecule has 0 heterocycles. The first kappa shape index (κ1) is 11.7. The maximum Gasteiger partial charge on any atom is 0.285 e. The van der Waals surface area contributed by atoms with E-state index in [-0.39, 0.29) is 16.9 Å². The molecule has 0 spiro atoms. The molecule has 0 radical (unpaired) electrons. The molecule has 6 heteroatoms.